The Hall–Kier alpha value is -0.770. The van der Waals surface area contributed by atoms with Crippen molar-refractivity contribution in [2.75, 3.05) is 0 Å². The zero-order chi connectivity index (χ0) is 14.6. The predicted molar refractivity (Wildman–Crippen MR) is 78.9 cm³/mol. The van der Waals surface area contributed by atoms with Gasteiger partial charge in [-0.1, -0.05) is 43.1 Å². The third-order valence-electron chi connectivity index (χ3n) is 2.90. The molecule has 0 spiro atoms. The highest BCUT2D eigenvalue weighted by Crippen LogP contribution is 2.26. The first kappa shape index (κ1) is 16.3. The third-order valence-corrected chi connectivity index (χ3v) is 3.64. The highest BCUT2D eigenvalue weighted by molar-refractivity contribution is 6.42. The van der Waals surface area contributed by atoms with Crippen molar-refractivity contribution in [2.24, 2.45) is 5.92 Å². The number of carboxylic acids is 1. The van der Waals surface area contributed by atoms with Crippen LogP contribution in [-0.2, 0) is 4.79 Å². The minimum Gasteiger partial charge on any atom is -0.480 e. The summed E-state index contributed by atoms with van der Waals surface area (Å²) in [5, 5.41) is 13.3. The van der Waals surface area contributed by atoms with Crippen LogP contribution in [0.4, 0.5) is 0 Å². The van der Waals surface area contributed by atoms with E-state index in [1.54, 1.807) is 12.1 Å². The molecule has 2 N–H and O–H groups in total. The second-order valence-corrected chi connectivity index (χ2v) is 5.90. The van der Waals surface area contributed by atoms with Gasteiger partial charge in [0.1, 0.15) is 6.04 Å². The van der Waals surface area contributed by atoms with E-state index in [4.69, 9.17) is 23.2 Å². The average Bonchev–Trinajstić information content (AvgIpc) is 2.31. The quantitative estimate of drug-likeness (QED) is 0.830. The Morgan fingerprint density at radius 3 is 2.37 bits per heavy atom. The number of hydrogen-bond acceptors (Lipinski definition) is 2. The monoisotopic (exact) mass is 303 g/mol. The van der Waals surface area contributed by atoms with Crippen LogP contribution in [-0.4, -0.2) is 17.1 Å². The van der Waals surface area contributed by atoms with Gasteiger partial charge in [-0.25, -0.2) is 0 Å². The number of nitrogens with one attached hydrogen (secondary N) is 1. The van der Waals surface area contributed by atoms with Gasteiger partial charge in [0.05, 0.1) is 10.0 Å². The second-order valence-electron chi connectivity index (χ2n) is 5.08. The molecular formula is C14H19Cl2NO2. The van der Waals surface area contributed by atoms with Gasteiger partial charge in [-0.15, -0.1) is 0 Å². The number of hydrogen-bond donors (Lipinski definition) is 2. The fraction of sp³-hybridized carbons (Fsp3) is 0.500. The topological polar surface area (TPSA) is 49.3 Å². The highest BCUT2D eigenvalue weighted by Gasteiger charge is 2.21. The van der Waals surface area contributed by atoms with Crippen molar-refractivity contribution in [3.05, 3.63) is 33.8 Å². The molecule has 1 aromatic rings. The maximum atomic E-state index is 11.2. The molecule has 1 aromatic carbocycles. The predicted octanol–water partition coefficient (Wildman–Crippen LogP) is 4.14. The molecule has 0 fully saturated rings. The smallest absolute Gasteiger partial charge is 0.320 e. The van der Waals surface area contributed by atoms with E-state index in [9.17, 15) is 9.90 Å². The average molecular weight is 304 g/mol. The van der Waals surface area contributed by atoms with Crippen LogP contribution in [0.3, 0.4) is 0 Å². The Morgan fingerprint density at radius 1 is 1.26 bits per heavy atom. The Morgan fingerprint density at radius 2 is 1.89 bits per heavy atom. The van der Waals surface area contributed by atoms with Gasteiger partial charge in [0, 0.05) is 6.04 Å². The molecule has 0 radical (unpaired) electrons. The van der Waals surface area contributed by atoms with Crippen LogP contribution in [0.5, 0.6) is 0 Å². The molecule has 2 unspecified atom stereocenters. The Kier molecular flexibility index (Phi) is 6.11. The number of aliphatic carboxylic acids is 1. The molecule has 0 bridgehead atoms. The Bertz CT molecular complexity index is 449. The van der Waals surface area contributed by atoms with Gasteiger partial charge in [-0.05, 0) is 37.0 Å². The van der Waals surface area contributed by atoms with E-state index in [1.165, 1.54) is 0 Å². The summed E-state index contributed by atoms with van der Waals surface area (Å²) in [6.45, 7) is 5.92. The first-order valence-corrected chi connectivity index (χ1v) is 7.00. The zero-order valence-corrected chi connectivity index (χ0v) is 12.8. The van der Waals surface area contributed by atoms with Crippen LogP contribution in [0, 0.1) is 5.92 Å². The van der Waals surface area contributed by atoms with Gasteiger partial charge in [0.15, 0.2) is 0 Å². The van der Waals surface area contributed by atoms with E-state index >= 15 is 0 Å². The largest absolute Gasteiger partial charge is 0.480 e. The van der Waals surface area contributed by atoms with E-state index in [1.807, 2.05) is 26.8 Å². The lowest BCUT2D eigenvalue weighted by molar-refractivity contribution is -0.140. The molecule has 0 saturated heterocycles. The molecule has 0 aromatic heterocycles. The normalized spacial score (nSPS) is 14.4. The molecule has 0 aliphatic heterocycles. The van der Waals surface area contributed by atoms with Crippen molar-refractivity contribution < 1.29 is 9.90 Å². The molecule has 0 saturated carbocycles. The van der Waals surface area contributed by atoms with Gasteiger partial charge in [-0.2, -0.15) is 0 Å². The van der Waals surface area contributed by atoms with Gasteiger partial charge < -0.3 is 5.11 Å². The maximum Gasteiger partial charge on any atom is 0.320 e. The van der Waals surface area contributed by atoms with Crippen LogP contribution in [0.15, 0.2) is 18.2 Å². The van der Waals surface area contributed by atoms with Crippen molar-refractivity contribution in [1.29, 1.82) is 0 Å². The summed E-state index contributed by atoms with van der Waals surface area (Å²) in [6.07, 6.45) is 0.584. The number of carboxylic acid groups (broad SMARTS) is 1. The van der Waals surface area contributed by atoms with E-state index in [0.29, 0.717) is 22.4 Å². The zero-order valence-electron chi connectivity index (χ0n) is 11.3. The first-order chi connectivity index (χ1) is 8.81. The van der Waals surface area contributed by atoms with Crippen molar-refractivity contribution >= 4 is 29.2 Å². The lowest BCUT2D eigenvalue weighted by Gasteiger charge is -2.22. The summed E-state index contributed by atoms with van der Waals surface area (Å²) in [6, 6.07) is 4.66. The lowest BCUT2D eigenvalue weighted by atomic mass is 10.0. The van der Waals surface area contributed by atoms with Crippen LogP contribution in [0.2, 0.25) is 10.0 Å². The van der Waals surface area contributed by atoms with E-state index in [-0.39, 0.29) is 6.04 Å². The van der Waals surface area contributed by atoms with Gasteiger partial charge in [0.25, 0.3) is 0 Å². The Labute approximate surface area is 123 Å². The fourth-order valence-corrected chi connectivity index (χ4v) is 2.20. The van der Waals surface area contributed by atoms with E-state index < -0.39 is 12.0 Å². The minimum absolute atomic E-state index is 0.102. The molecule has 3 nitrogen and oxygen atoms in total. The molecule has 0 aliphatic carbocycles. The lowest BCUT2D eigenvalue weighted by Crippen LogP contribution is -2.39. The van der Waals surface area contributed by atoms with Gasteiger partial charge in [-0.3, -0.25) is 10.1 Å². The summed E-state index contributed by atoms with van der Waals surface area (Å²) < 4.78 is 0. The summed E-state index contributed by atoms with van der Waals surface area (Å²) in [5.74, 6) is -0.518. The molecule has 0 aliphatic rings. The molecular weight excluding hydrogens is 285 g/mol. The van der Waals surface area contributed by atoms with Crippen LogP contribution < -0.4 is 5.32 Å². The van der Waals surface area contributed by atoms with Crippen molar-refractivity contribution in [3.8, 4) is 0 Å². The molecule has 5 heteroatoms. The molecule has 0 amide bonds. The number of rotatable bonds is 6. The van der Waals surface area contributed by atoms with Crippen LogP contribution >= 0.6 is 23.2 Å². The third kappa shape index (κ3) is 5.01. The molecule has 106 valence electrons. The number of carbonyl (C=O) groups is 1. The minimum atomic E-state index is -0.833. The summed E-state index contributed by atoms with van der Waals surface area (Å²) in [7, 11) is 0. The molecule has 2 atom stereocenters. The number of halogens is 2. The van der Waals surface area contributed by atoms with Crippen LogP contribution in [0.25, 0.3) is 0 Å². The number of benzene rings is 1. The standard InChI is InChI=1S/C14H19Cl2NO2/c1-8(2)6-13(14(18)19)17-9(3)10-4-5-11(15)12(16)7-10/h4-5,7-9,13,17H,6H2,1-3H3,(H,18,19). The van der Waals surface area contributed by atoms with E-state index in [2.05, 4.69) is 5.32 Å². The summed E-state index contributed by atoms with van der Waals surface area (Å²) in [5.41, 5.74) is 0.921. The van der Waals surface area contributed by atoms with Crippen molar-refractivity contribution in [2.45, 2.75) is 39.3 Å². The summed E-state index contributed by atoms with van der Waals surface area (Å²) >= 11 is 11.8. The van der Waals surface area contributed by atoms with E-state index in [0.717, 1.165) is 5.56 Å². The van der Waals surface area contributed by atoms with Crippen molar-refractivity contribution in [1.82, 2.24) is 5.32 Å². The first-order valence-electron chi connectivity index (χ1n) is 6.25. The maximum absolute atomic E-state index is 11.2. The summed E-state index contributed by atoms with van der Waals surface area (Å²) in [4.78, 5) is 11.2. The fourth-order valence-electron chi connectivity index (χ4n) is 1.89. The van der Waals surface area contributed by atoms with Gasteiger partial charge in [0.2, 0.25) is 0 Å². The van der Waals surface area contributed by atoms with Gasteiger partial charge >= 0.3 is 5.97 Å². The molecule has 0 heterocycles. The SMILES string of the molecule is CC(C)CC(NC(C)c1ccc(Cl)c(Cl)c1)C(=O)O. The van der Waals surface area contributed by atoms with Crippen LogP contribution in [0.1, 0.15) is 38.8 Å². The van der Waals surface area contributed by atoms with Crippen molar-refractivity contribution in [3.63, 3.8) is 0 Å². The molecule has 1 rings (SSSR count). The second kappa shape index (κ2) is 7.13. The molecule has 19 heavy (non-hydrogen) atoms. The Balaban J connectivity index is 2.78. The highest BCUT2D eigenvalue weighted by atomic mass is 35.5.